The summed E-state index contributed by atoms with van der Waals surface area (Å²) in [4.78, 5) is 11.3. The zero-order valence-corrected chi connectivity index (χ0v) is 10.5. The van der Waals surface area contributed by atoms with E-state index in [9.17, 15) is 9.18 Å². The number of nitrogens with two attached hydrogens (primary N) is 2. The Morgan fingerprint density at radius 1 is 1.26 bits per heavy atom. The summed E-state index contributed by atoms with van der Waals surface area (Å²) in [7, 11) is 0. The summed E-state index contributed by atoms with van der Waals surface area (Å²) in [5.41, 5.74) is 11.9. The highest BCUT2D eigenvalue weighted by Crippen LogP contribution is 2.30. The third-order valence-corrected chi connectivity index (χ3v) is 2.85. The van der Waals surface area contributed by atoms with Crippen molar-refractivity contribution in [3.05, 3.63) is 52.8 Å². The summed E-state index contributed by atoms with van der Waals surface area (Å²) in [6.07, 6.45) is 0. The lowest BCUT2D eigenvalue weighted by Gasteiger charge is -2.13. The zero-order valence-electron chi connectivity index (χ0n) is 9.78. The maximum absolute atomic E-state index is 13.7. The van der Waals surface area contributed by atoms with Gasteiger partial charge in [-0.1, -0.05) is 17.7 Å². The Kier molecular flexibility index (Phi) is 3.57. The average Bonchev–Trinajstić information content (AvgIpc) is 2.33. The number of anilines is 3. The number of nitrogens with one attached hydrogen (secondary N) is 1. The molecule has 1 amide bonds. The van der Waals surface area contributed by atoms with E-state index < -0.39 is 11.7 Å². The maximum atomic E-state index is 13.7. The maximum Gasteiger partial charge on any atom is 0.250 e. The van der Waals surface area contributed by atoms with Crippen molar-refractivity contribution in [2.24, 2.45) is 5.73 Å². The third-order valence-electron chi connectivity index (χ3n) is 2.53. The Hall–Kier alpha value is -2.27. The smallest absolute Gasteiger partial charge is 0.250 e. The molecule has 5 N–H and O–H groups in total. The van der Waals surface area contributed by atoms with Gasteiger partial charge >= 0.3 is 0 Å². The quantitative estimate of drug-likeness (QED) is 0.756. The van der Waals surface area contributed by atoms with Crippen LogP contribution in [0.25, 0.3) is 0 Å². The van der Waals surface area contributed by atoms with E-state index in [1.54, 1.807) is 0 Å². The number of carbonyl (C=O) groups excluding carboxylic acids is 1. The van der Waals surface area contributed by atoms with Crippen LogP contribution in [0.15, 0.2) is 36.4 Å². The molecular weight excluding hydrogens is 269 g/mol. The Balaban J connectivity index is 2.49. The van der Waals surface area contributed by atoms with E-state index >= 15 is 0 Å². The molecule has 0 aliphatic carbocycles. The fourth-order valence-corrected chi connectivity index (χ4v) is 1.84. The molecule has 2 aromatic rings. The van der Waals surface area contributed by atoms with Crippen LogP contribution >= 0.6 is 11.6 Å². The lowest BCUT2D eigenvalue weighted by atomic mass is 10.1. The molecule has 2 rings (SSSR count). The van der Waals surface area contributed by atoms with Crippen LogP contribution in [0.2, 0.25) is 5.02 Å². The van der Waals surface area contributed by atoms with Gasteiger partial charge in [0.25, 0.3) is 5.91 Å². The molecule has 0 atom stereocenters. The van der Waals surface area contributed by atoms with Crippen molar-refractivity contribution >= 4 is 34.6 Å². The summed E-state index contributed by atoms with van der Waals surface area (Å²) in [6, 6.07) is 8.76. The molecule has 0 spiro atoms. The first-order chi connectivity index (χ1) is 8.99. The first-order valence-electron chi connectivity index (χ1n) is 5.39. The number of primary amides is 1. The van der Waals surface area contributed by atoms with Crippen LogP contribution in [0.1, 0.15) is 10.4 Å². The number of halogens is 2. The zero-order chi connectivity index (χ0) is 14.0. The number of carbonyl (C=O) groups is 1. The molecule has 0 aromatic heterocycles. The monoisotopic (exact) mass is 279 g/mol. The molecule has 0 radical (unpaired) electrons. The van der Waals surface area contributed by atoms with E-state index in [0.717, 1.165) is 0 Å². The second kappa shape index (κ2) is 5.16. The highest BCUT2D eigenvalue weighted by molar-refractivity contribution is 6.33. The number of para-hydroxylation sites is 1. The number of hydrogen-bond acceptors (Lipinski definition) is 3. The lowest BCUT2D eigenvalue weighted by Crippen LogP contribution is -2.13. The van der Waals surface area contributed by atoms with Crippen LogP contribution < -0.4 is 16.8 Å². The number of rotatable bonds is 3. The van der Waals surface area contributed by atoms with Crippen molar-refractivity contribution < 1.29 is 9.18 Å². The molecule has 0 saturated heterocycles. The van der Waals surface area contributed by atoms with Crippen LogP contribution in [0.4, 0.5) is 21.5 Å². The molecule has 98 valence electrons. The molecule has 2 aromatic carbocycles. The van der Waals surface area contributed by atoms with Gasteiger partial charge in [0, 0.05) is 5.69 Å². The predicted molar refractivity (Wildman–Crippen MR) is 74.1 cm³/mol. The summed E-state index contributed by atoms with van der Waals surface area (Å²) >= 11 is 5.90. The normalized spacial score (nSPS) is 10.2. The molecule has 0 fully saturated rings. The Labute approximate surface area is 114 Å². The van der Waals surface area contributed by atoms with Gasteiger partial charge in [-0.25, -0.2) is 4.39 Å². The van der Waals surface area contributed by atoms with Crippen molar-refractivity contribution in [3.8, 4) is 0 Å². The van der Waals surface area contributed by atoms with Crippen molar-refractivity contribution in [1.29, 1.82) is 0 Å². The van der Waals surface area contributed by atoms with Crippen LogP contribution in [0, 0.1) is 5.82 Å². The van der Waals surface area contributed by atoms with Gasteiger partial charge in [-0.3, -0.25) is 4.79 Å². The van der Waals surface area contributed by atoms with Crippen LogP contribution in [-0.4, -0.2) is 5.91 Å². The summed E-state index contributed by atoms with van der Waals surface area (Å²) < 4.78 is 13.7. The average molecular weight is 280 g/mol. The fraction of sp³-hybridized carbons (Fsp3) is 0. The van der Waals surface area contributed by atoms with Crippen molar-refractivity contribution in [2.75, 3.05) is 11.1 Å². The molecule has 0 bridgehead atoms. The third kappa shape index (κ3) is 2.77. The standard InChI is InChI=1S/C13H11ClFN3O/c14-9-2-1-3-10(15)12(9)18-11-6-7(16)4-5-8(11)13(17)19/h1-6,18H,16H2,(H2,17,19). The molecule has 0 aliphatic heterocycles. The molecule has 6 heteroatoms. The molecule has 0 unspecified atom stereocenters. The van der Waals surface area contributed by atoms with Gasteiger partial charge in [0.15, 0.2) is 0 Å². The Morgan fingerprint density at radius 3 is 2.63 bits per heavy atom. The fourth-order valence-electron chi connectivity index (χ4n) is 1.63. The van der Waals surface area contributed by atoms with E-state index in [-0.39, 0.29) is 16.3 Å². The van der Waals surface area contributed by atoms with E-state index in [1.165, 1.54) is 36.4 Å². The topological polar surface area (TPSA) is 81.1 Å². The van der Waals surface area contributed by atoms with Gasteiger partial charge in [0.05, 0.1) is 22.0 Å². The van der Waals surface area contributed by atoms with Gasteiger partial charge in [0.1, 0.15) is 5.82 Å². The summed E-state index contributed by atoms with van der Waals surface area (Å²) in [6.45, 7) is 0. The lowest BCUT2D eigenvalue weighted by molar-refractivity contribution is 0.100. The van der Waals surface area contributed by atoms with E-state index in [2.05, 4.69) is 5.32 Å². The van der Waals surface area contributed by atoms with Gasteiger partial charge in [-0.05, 0) is 30.3 Å². The summed E-state index contributed by atoms with van der Waals surface area (Å²) in [5, 5.41) is 2.94. The van der Waals surface area contributed by atoms with E-state index in [4.69, 9.17) is 23.1 Å². The second-order valence-corrected chi connectivity index (χ2v) is 4.30. The Morgan fingerprint density at radius 2 is 2.00 bits per heavy atom. The van der Waals surface area contributed by atoms with Gasteiger partial charge < -0.3 is 16.8 Å². The number of nitrogen functional groups attached to an aromatic ring is 1. The van der Waals surface area contributed by atoms with E-state index in [0.29, 0.717) is 11.4 Å². The minimum Gasteiger partial charge on any atom is -0.399 e. The number of benzene rings is 2. The molecule has 19 heavy (non-hydrogen) atoms. The van der Waals surface area contributed by atoms with Crippen LogP contribution in [0.3, 0.4) is 0 Å². The van der Waals surface area contributed by atoms with Crippen molar-refractivity contribution in [3.63, 3.8) is 0 Å². The van der Waals surface area contributed by atoms with E-state index in [1.807, 2.05) is 0 Å². The first kappa shape index (κ1) is 13.2. The highest BCUT2D eigenvalue weighted by atomic mass is 35.5. The largest absolute Gasteiger partial charge is 0.399 e. The number of amides is 1. The minimum absolute atomic E-state index is 0.0669. The van der Waals surface area contributed by atoms with Crippen LogP contribution in [0.5, 0.6) is 0 Å². The first-order valence-corrected chi connectivity index (χ1v) is 5.77. The molecule has 0 heterocycles. The predicted octanol–water partition coefficient (Wildman–Crippen LogP) is 2.90. The highest BCUT2D eigenvalue weighted by Gasteiger charge is 2.12. The van der Waals surface area contributed by atoms with Gasteiger partial charge in [-0.2, -0.15) is 0 Å². The van der Waals surface area contributed by atoms with Crippen molar-refractivity contribution in [1.82, 2.24) is 0 Å². The Bertz CT molecular complexity index is 626. The van der Waals surface area contributed by atoms with Gasteiger partial charge in [0.2, 0.25) is 0 Å². The molecule has 0 aliphatic rings. The summed E-state index contributed by atoms with van der Waals surface area (Å²) in [5.74, 6) is -1.18. The van der Waals surface area contributed by atoms with Crippen molar-refractivity contribution in [2.45, 2.75) is 0 Å². The second-order valence-electron chi connectivity index (χ2n) is 3.89. The SMILES string of the molecule is NC(=O)c1ccc(N)cc1Nc1c(F)cccc1Cl. The van der Waals surface area contributed by atoms with Crippen LogP contribution in [-0.2, 0) is 0 Å². The number of hydrogen-bond donors (Lipinski definition) is 3. The molecule has 4 nitrogen and oxygen atoms in total. The minimum atomic E-state index is -0.644. The van der Waals surface area contributed by atoms with Gasteiger partial charge in [-0.15, -0.1) is 0 Å². The molecule has 0 saturated carbocycles. The molecular formula is C13H11ClFN3O.